The molecule has 0 fully saturated rings. The number of carbonyl (C=O) groups is 1. The number of furan rings is 1. The van der Waals surface area contributed by atoms with Crippen molar-refractivity contribution in [3.63, 3.8) is 0 Å². The number of hydrazone groups is 1. The molecule has 5 nitrogen and oxygen atoms in total. The SMILES string of the molecule is O=C(Cc1cccc2ccccc12)N/N=C/c1ccc(Sc2ccccn2)o1. The Hall–Kier alpha value is -3.38. The van der Waals surface area contributed by atoms with Gasteiger partial charge in [0.05, 0.1) is 12.6 Å². The lowest BCUT2D eigenvalue weighted by Gasteiger charge is -2.05. The molecule has 2 aromatic heterocycles. The second kappa shape index (κ2) is 8.54. The summed E-state index contributed by atoms with van der Waals surface area (Å²) in [5.41, 5.74) is 3.52. The van der Waals surface area contributed by atoms with Gasteiger partial charge < -0.3 is 4.42 Å². The van der Waals surface area contributed by atoms with Crippen LogP contribution in [0.15, 0.2) is 98.6 Å². The van der Waals surface area contributed by atoms with Gasteiger partial charge in [-0.2, -0.15) is 5.10 Å². The number of carbonyl (C=O) groups excluding carboxylic acids is 1. The maximum Gasteiger partial charge on any atom is 0.244 e. The second-order valence-electron chi connectivity index (χ2n) is 6.04. The number of pyridine rings is 1. The van der Waals surface area contributed by atoms with Crippen LogP contribution in [0.5, 0.6) is 0 Å². The third-order valence-electron chi connectivity index (χ3n) is 4.06. The van der Waals surface area contributed by atoms with Gasteiger partial charge in [-0.3, -0.25) is 4.79 Å². The molecule has 1 N–H and O–H groups in total. The Kier molecular flexibility index (Phi) is 5.49. The van der Waals surface area contributed by atoms with Crippen LogP contribution in [0.25, 0.3) is 10.8 Å². The molecule has 0 atom stereocenters. The number of aromatic nitrogens is 1. The van der Waals surface area contributed by atoms with E-state index in [2.05, 4.69) is 15.5 Å². The third kappa shape index (κ3) is 4.47. The van der Waals surface area contributed by atoms with Crippen LogP contribution in [0.1, 0.15) is 11.3 Å². The zero-order valence-corrected chi connectivity index (χ0v) is 15.7. The molecule has 0 aliphatic heterocycles. The highest BCUT2D eigenvalue weighted by Crippen LogP contribution is 2.26. The number of nitrogens with one attached hydrogen (secondary N) is 1. The number of nitrogens with zero attached hydrogens (tertiary/aromatic N) is 2. The third-order valence-corrected chi connectivity index (χ3v) is 4.93. The van der Waals surface area contributed by atoms with Crippen LogP contribution in [0.4, 0.5) is 0 Å². The van der Waals surface area contributed by atoms with Gasteiger partial charge in [0.2, 0.25) is 5.91 Å². The Bertz CT molecular complexity index is 1120. The smallest absolute Gasteiger partial charge is 0.244 e. The molecule has 2 heterocycles. The Labute approximate surface area is 166 Å². The predicted octanol–water partition coefficient (Wildman–Crippen LogP) is 4.67. The van der Waals surface area contributed by atoms with Gasteiger partial charge in [0, 0.05) is 6.20 Å². The Morgan fingerprint density at radius 3 is 2.79 bits per heavy atom. The summed E-state index contributed by atoms with van der Waals surface area (Å²) in [5, 5.41) is 7.75. The zero-order valence-electron chi connectivity index (χ0n) is 14.9. The van der Waals surface area contributed by atoms with Gasteiger partial charge in [0.25, 0.3) is 0 Å². The van der Waals surface area contributed by atoms with E-state index in [1.54, 1.807) is 12.3 Å². The van der Waals surface area contributed by atoms with Gasteiger partial charge in [0.15, 0.2) is 5.09 Å². The van der Waals surface area contributed by atoms with E-state index in [9.17, 15) is 4.79 Å². The first kappa shape index (κ1) is 18.0. The van der Waals surface area contributed by atoms with Gasteiger partial charge >= 0.3 is 0 Å². The van der Waals surface area contributed by atoms with Crippen molar-refractivity contribution in [1.82, 2.24) is 10.4 Å². The first-order chi connectivity index (χ1) is 13.8. The molecule has 0 spiro atoms. The highest BCUT2D eigenvalue weighted by atomic mass is 32.2. The lowest BCUT2D eigenvalue weighted by molar-refractivity contribution is -0.120. The molecule has 4 aromatic rings. The molecule has 0 aliphatic carbocycles. The van der Waals surface area contributed by atoms with Crippen molar-refractivity contribution in [2.75, 3.05) is 0 Å². The minimum absolute atomic E-state index is 0.178. The van der Waals surface area contributed by atoms with Crippen LogP contribution in [0, 0.1) is 0 Å². The monoisotopic (exact) mass is 387 g/mol. The van der Waals surface area contributed by atoms with E-state index in [-0.39, 0.29) is 12.3 Å². The number of hydrogen-bond acceptors (Lipinski definition) is 5. The summed E-state index contributed by atoms with van der Waals surface area (Å²) in [4.78, 5) is 16.5. The fraction of sp³-hybridized carbons (Fsp3) is 0.0455. The van der Waals surface area contributed by atoms with Crippen molar-refractivity contribution in [2.24, 2.45) is 5.10 Å². The summed E-state index contributed by atoms with van der Waals surface area (Å²) < 4.78 is 5.67. The predicted molar refractivity (Wildman–Crippen MR) is 110 cm³/mol. The van der Waals surface area contributed by atoms with Crippen molar-refractivity contribution in [2.45, 2.75) is 16.5 Å². The van der Waals surface area contributed by atoms with Crippen molar-refractivity contribution in [3.05, 3.63) is 90.3 Å². The molecule has 0 bridgehead atoms. The van der Waals surface area contributed by atoms with E-state index in [4.69, 9.17) is 4.42 Å². The maximum atomic E-state index is 12.2. The van der Waals surface area contributed by atoms with Crippen LogP contribution < -0.4 is 5.43 Å². The number of fused-ring (bicyclic) bond motifs is 1. The molecular formula is C22H17N3O2S. The van der Waals surface area contributed by atoms with Crippen molar-refractivity contribution in [1.29, 1.82) is 0 Å². The molecule has 4 rings (SSSR count). The average molecular weight is 387 g/mol. The number of amides is 1. The Morgan fingerprint density at radius 2 is 1.89 bits per heavy atom. The van der Waals surface area contributed by atoms with Gasteiger partial charge in [-0.25, -0.2) is 10.4 Å². The molecule has 0 saturated heterocycles. The van der Waals surface area contributed by atoms with E-state index in [1.807, 2.05) is 66.7 Å². The fourth-order valence-corrected chi connectivity index (χ4v) is 3.54. The van der Waals surface area contributed by atoms with Crippen LogP contribution in [0.2, 0.25) is 0 Å². The molecule has 0 saturated carbocycles. The first-order valence-corrected chi connectivity index (χ1v) is 9.57. The molecule has 2 aromatic carbocycles. The number of rotatable bonds is 6. The quantitative estimate of drug-likeness (QED) is 0.386. The van der Waals surface area contributed by atoms with Crippen LogP contribution in [-0.4, -0.2) is 17.1 Å². The molecule has 0 aliphatic rings. The standard InChI is InChI=1S/C22H17N3O2S/c26-20(14-17-8-5-7-16-6-1-2-9-19(16)17)25-24-15-18-11-12-22(27-18)28-21-10-3-4-13-23-21/h1-13,15H,14H2,(H,25,26)/b24-15+. The van der Waals surface area contributed by atoms with Gasteiger partial charge in [-0.1, -0.05) is 48.5 Å². The van der Waals surface area contributed by atoms with Crippen LogP contribution >= 0.6 is 11.8 Å². The van der Waals surface area contributed by atoms with Gasteiger partial charge in [-0.15, -0.1) is 0 Å². The lowest BCUT2D eigenvalue weighted by Crippen LogP contribution is -2.19. The molecule has 0 radical (unpaired) electrons. The maximum absolute atomic E-state index is 12.2. The summed E-state index contributed by atoms with van der Waals surface area (Å²) in [6.07, 6.45) is 3.49. The van der Waals surface area contributed by atoms with Crippen LogP contribution in [0.3, 0.4) is 0 Å². The van der Waals surface area contributed by atoms with E-state index >= 15 is 0 Å². The second-order valence-corrected chi connectivity index (χ2v) is 7.06. The Balaban J connectivity index is 1.35. The highest BCUT2D eigenvalue weighted by Gasteiger charge is 2.07. The fourth-order valence-electron chi connectivity index (χ4n) is 2.80. The Morgan fingerprint density at radius 1 is 1.04 bits per heavy atom. The molecular weight excluding hydrogens is 370 g/mol. The zero-order chi connectivity index (χ0) is 19.2. The lowest BCUT2D eigenvalue weighted by atomic mass is 10.0. The molecule has 28 heavy (non-hydrogen) atoms. The molecule has 0 unspecified atom stereocenters. The van der Waals surface area contributed by atoms with Gasteiger partial charge in [-0.05, 0) is 52.4 Å². The topological polar surface area (TPSA) is 67.5 Å². The molecule has 6 heteroatoms. The van der Waals surface area contributed by atoms with Gasteiger partial charge in [0.1, 0.15) is 10.8 Å². The summed E-state index contributed by atoms with van der Waals surface area (Å²) in [7, 11) is 0. The van der Waals surface area contributed by atoms with Crippen molar-refractivity contribution >= 4 is 34.7 Å². The largest absolute Gasteiger partial charge is 0.448 e. The highest BCUT2D eigenvalue weighted by molar-refractivity contribution is 7.99. The summed E-state index contributed by atoms with van der Waals surface area (Å²) in [5.74, 6) is 0.381. The minimum atomic E-state index is -0.178. The molecule has 138 valence electrons. The van der Waals surface area contributed by atoms with E-state index in [1.165, 1.54) is 18.0 Å². The van der Waals surface area contributed by atoms with Crippen molar-refractivity contribution < 1.29 is 9.21 Å². The minimum Gasteiger partial charge on any atom is -0.448 e. The molecule has 1 amide bonds. The number of hydrogen-bond donors (Lipinski definition) is 1. The first-order valence-electron chi connectivity index (χ1n) is 8.75. The van der Waals surface area contributed by atoms with E-state index < -0.39 is 0 Å². The van der Waals surface area contributed by atoms with Crippen molar-refractivity contribution in [3.8, 4) is 0 Å². The number of benzene rings is 2. The van der Waals surface area contributed by atoms with E-state index in [0.29, 0.717) is 10.9 Å². The average Bonchev–Trinajstić information content (AvgIpc) is 3.16. The van der Waals surface area contributed by atoms with E-state index in [0.717, 1.165) is 21.4 Å². The summed E-state index contributed by atoms with van der Waals surface area (Å²) >= 11 is 1.42. The van der Waals surface area contributed by atoms with Crippen LogP contribution in [-0.2, 0) is 11.2 Å². The summed E-state index contributed by atoms with van der Waals surface area (Å²) in [6, 6.07) is 23.3. The normalized spacial score (nSPS) is 11.1. The summed E-state index contributed by atoms with van der Waals surface area (Å²) in [6.45, 7) is 0.